The summed E-state index contributed by atoms with van der Waals surface area (Å²) in [5.41, 5.74) is 0. The molecule has 0 bridgehead atoms. The molecule has 1 aliphatic rings. The van der Waals surface area contributed by atoms with Crippen molar-refractivity contribution in [3.8, 4) is 0 Å². The van der Waals surface area contributed by atoms with E-state index in [2.05, 4.69) is 40.3 Å². The first-order chi connectivity index (χ1) is 5.83. The van der Waals surface area contributed by atoms with Crippen LogP contribution in [0.3, 0.4) is 0 Å². The summed E-state index contributed by atoms with van der Waals surface area (Å²) in [4.78, 5) is 0. The summed E-state index contributed by atoms with van der Waals surface area (Å²) < 4.78 is 6.27. The molecule has 77 valence electrons. The van der Waals surface area contributed by atoms with Gasteiger partial charge in [0.25, 0.3) is 0 Å². The number of hydrogen-bond acceptors (Lipinski definition) is 1. The van der Waals surface area contributed by atoms with Gasteiger partial charge in [-0.25, -0.2) is 0 Å². The van der Waals surface area contributed by atoms with Gasteiger partial charge in [-0.05, 0) is 43.8 Å². The largest absolute Gasteiger partial charge is 0.414 e. The zero-order chi connectivity index (χ0) is 10.1. The minimum Gasteiger partial charge on any atom is -0.414 e. The van der Waals surface area contributed by atoms with E-state index < -0.39 is 8.32 Å². The van der Waals surface area contributed by atoms with Crippen molar-refractivity contribution in [2.45, 2.75) is 64.3 Å². The van der Waals surface area contributed by atoms with E-state index in [0.717, 1.165) is 0 Å². The molecule has 0 N–H and O–H groups in total. The molecule has 0 spiro atoms. The molecule has 0 aromatic heterocycles. The molecule has 0 aliphatic heterocycles. The molecule has 0 aromatic rings. The van der Waals surface area contributed by atoms with Crippen molar-refractivity contribution >= 4 is 8.32 Å². The highest BCUT2D eigenvalue weighted by Crippen LogP contribution is 2.39. The van der Waals surface area contributed by atoms with Crippen molar-refractivity contribution in [3.05, 3.63) is 6.42 Å². The predicted molar refractivity (Wildman–Crippen MR) is 60.2 cm³/mol. The van der Waals surface area contributed by atoms with Crippen molar-refractivity contribution in [1.29, 1.82) is 0 Å². The van der Waals surface area contributed by atoms with Gasteiger partial charge in [-0.1, -0.05) is 20.8 Å². The van der Waals surface area contributed by atoms with E-state index in [1.807, 2.05) is 0 Å². The smallest absolute Gasteiger partial charge is 0.192 e. The van der Waals surface area contributed by atoms with Gasteiger partial charge in [0, 0.05) is 6.10 Å². The minimum absolute atomic E-state index is 0.357. The summed E-state index contributed by atoms with van der Waals surface area (Å²) in [6.45, 7) is 11.6. The Morgan fingerprint density at radius 2 is 1.92 bits per heavy atom. The first kappa shape index (κ1) is 11.3. The second-order valence-corrected chi connectivity index (χ2v) is 10.4. The van der Waals surface area contributed by atoms with E-state index in [1.165, 1.54) is 19.3 Å². The van der Waals surface area contributed by atoms with Crippen molar-refractivity contribution in [1.82, 2.24) is 0 Å². The molecule has 13 heavy (non-hydrogen) atoms. The van der Waals surface area contributed by atoms with E-state index in [4.69, 9.17) is 4.43 Å². The lowest BCUT2D eigenvalue weighted by Crippen LogP contribution is -2.43. The highest BCUT2D eigenvalue weighted by Gasteiger charge is 2.39. The molecule has 0 heterocycles. The topological polar surface area (TPSA) is 9.23 Å². The maximum absolute atomic E-state index is 6.27. The fraction of sp³-hybridized carbons (Fsp3) is 0.909. The molecule has 0 amide bonds. The molecule has 0 saturated heterocycles. The van der Waals surface area contributed by atoms with Gasteiger partial charge < -0.3 is 4.43 Å². The van der Waals surface area contributed by atoms with Crippen molar-refractivity contribution < 1.29 is 4.43 Å². The van der Waals surface area contributed by atoms with Crippen LogP contribution in [0.1, 0.15) is 40.0 Å². The lowest BCUT2D eigenvalue weighted by Gasteiger charge is -2.38. The van der Waals surface area contributed by atoms with Gasteiger partial charge in [0.15, 0.2) is 8.32 Å². The first-order valence-corrected chi connectivity index (χ1v) is 8.23. The maximum Gasteiger partial charge on any atom is 0.192 e. The lowest BCUT2D eigenvalue weighted by atomic mass is 10.2. The Labute approximate surface area is 84.0 Å². The third-order valence-electron chi connectivity index (χ3n) is 3.39. The summed E-state index contributed by atoms with van der Waals surface area (Å²) in [7, 11) is -1.49. The van der Waals surface area contributed by atoms with Crippen LogP contribution in [-0.4, -0.2) is 14.4 Å². The Balaban J connectivity index is 2.50. The first-order valence-electron chi connectivity index (χ1n) is 5.32. The lowest BCUT2D eigenvalue weighted by molar-refractivity contribution is 0.190. The van der Waals surface area contributed by atoms with Gasteiger partial charge in [0.1, 0.15) is 0 Å². The van der Waals surface area contributed by atoms with Gasteiger partial charge in [0.05, 0.1) is 0 Å². The van der Waals surface area contributed by atoms with Crippen LogP contribution in [0.2, 0.25) is 18.1 Å². The van der Waals surface area contributed by atoms with E-state index >= 15 is 0 Å². The highest BCUT2D eigenvalue weighted by molar-refractivity contribution is 6.74. The SMILES string of the molecule is CC(C)(C)[Si](C)(C)OC1C[CH]CC1. The Hall–Kier alpha value is 0.177. The summed E-state index contributed by atoms with van der Waals surface area (Å²) in [5.74, 6) is 0. The van der Waals surface area contributed by atoms with E-state index in [1.54, 1.807) is 0 Å². The molecule has 1 rings (SSSR count). The molecule has 1 unspecified atom stereocenters. The minimum atomic E-state index is -1.49. The van der Waals surface area contributed by atoms with Crippen molar-refractivity contribution in [2.24, 2.45) is 0 Å². The molecule has 1 radical (unpaired) electrons. The Morgan fingerprint density at radius 3 is 2.31 bits per heavy atom. The van der Waals surface area contributed by atoms with Gasteiger partial charge in [-0.15, -0.1) is 0 Å². The second-order valence-electron chi connectivity index (χ2n) is 5.60. The van der Waals surface area contributed by atoms with Crippen LogP contribution in [0.5, 0.6) is 0 Å². The van der Waals surface area contributed by atoms with Crippen LogP contribution in [0.15, 0.2) is 0 Å². The monoisotopic (exact) mass is 199 g/mol. The fourth-order valence-electron chi connectivity index (χ4n) is 1.43. The standard InChI is InChI=1S/C11H23OSi/c1-11(2,3)13(4,5)12-10-8-6-7-9-10/h6,10H,7-9H2,1-5H3. The molecular formula is C11H23OSi. The number of hydrogen-bond donors (Lipinski definition) is 0. The fourth-order valence-corrected chi connectivity index (χ4v) is 2.83. The highest BCUT2D eigenvalue weighted by atomic mass is 28.4. The van der Waals surface area contributed by atoms with E-state index in [9.17, 15) is 0 Å². The molecule has 2 heteroatoms. The zero-order valence-corrected chi connectivity index (χ0v) is 10.7. The van der Waals surface area contributed by atoms with Crippen LogP contribution in [0.4, 0.5) is 0 Å². The predicted octanol–water partition coefficient (Wildman–Crippen LogP) is 3.76. The van der Waals surface area contributed by atoms with Crippen LogP contribution in [-0.2, 0) is 4.43 Å². The average molecular weight is 199 g/mol. The molecular weight excluding hydrogens is 176 g/mol. The third kappa shape index (κ3) is 2.81. The van der Waals surface area contributed by atoms with Gasteiger partial charge in [0.2, 0.25) is 0 Å². The van der Waals surface area contributed by atoms with Gasteiger partial charge in [-0.2, -0.15) is 0 Å². The van der Waals surface area contributed by atoms with E-state index in [-0.39, 0.29) is 0 Å². The van der Waals surface area contributed by atoms with Crippen LogP contribution >= 0.6 is 0 Å². The Kier molecular flexibility index (Phi) is 3.23. The van der Waals surface area contributed by atoms with Crippen molar-refractivity contribution in [2.75, 3.05) is 0 Å². The molecule has 1 atom stereocenters. The van der Waals surface area contributed by atoms with Crippen LogP contribution in [0, 0.1) is 6.42 Å². The average Bonchev–Trinajstić information content (AvgIpc) is 2.35. The molecule has 1 fully saturated rings. The molecule has 1 saturated carbocycles. The molecule has 1 aliphatic carbocycles. The Bertz CT molecular complexity index is 163. The quantitative estimate of drug-likeness (QED) is 0.615. The summed E-state index contributed by atoms with van der Waals surface area (Å²) in [5, 5.41) is 0.357. The number of rotatable bonds is 2. The molecule has 0 aromatic carbocycles. The van der Waals surface area contributed by atoms with Gasteiger partial charge >= 0.3 is 0 Å². The summed E-state index contributed by atoms with van der Waals surface area (Å²) in [6, 6.07) is 0. The zero-order valence-electron chi connectivity index (χ0n) is 9.68. The third-order valence-corrected chi connectivity index (χ3v) is 7.92. The van der Waals surface area contributed by atoms with Gasteiger partial charge in [-0.3, -0.25) is 0 Å². The Morgan fingerprint density at radius 1 is 1.31 bits per heavy atom. The summed E-state index contributed by atoms with van der Waals surface area (Å²) >= 11 is 0. The van der Waals surface area contributed by atoms with E-state index in [0.29, 0.717) is 11.1 Å². The molecule has 1 nitrogen and oxygen atoms in total. The summed E-state index contributed by atoms with van der Waals surface area (Å²) in [6.07, 6.45) is 6.55. The van der Waals surface area contributed by atoms with Crippen molar-refractivity contribution in [3.63, 3.8) is 0 Å². The maximum atomic E-state index is 6.27. The normalized spacial score (nSPS) is 21.0. The van der Waals surface area contributed by atoms with Crippen LogP contribution < -0.4 is 0 Å². The van der Waals surface area contributed by atoms with Crippen LogP contribution in [0.25, 0.3) is 0 Å². The second kappa shape index (κ2) is 3.74.